The van der Waals surface area contributed by atoms with Crippen LogP contribution in [0.4, 0.5) is 0 Å². The molecule has 58 valence electrons. The molecule has 0 amide bonds. The topological polar surface area (TPSA) is 35.9 Å². The van der Waals surface area contributed by atoms with Gasteiger partial charge < -0.3 is 5.32 Å². The molecule has 3 heteroatoms. The zero-order valence-corrected chi connectivity index (χ0v) is 7.29. The van der Waals surface area contributed by atoms with Crippen LogP contribution in [0.1, 0.15) is 19.3 Å². The molecule has 1 fully saturated rings. The molecule has 10 heavy (non-hydrogen) atoms. The lowest BCUT2D eigenvalue weighted by Gasteiger charge is -1.95. The summed E-state index contributed by atoms with van der Waals surface area (Å²) in [5, 5.41) is 11.0. The molecule has 1 unspecified atom stereocenters. The predicted octanol–water partition coefficient (Wildman–Crippen LogP) is 2.00. The fraction of sp³-hybridized carbons (Fsp3) is 1.00. The van der Waals surface area contributed by atoms with Crippen molar-refractivity contribution >= 4 is 7.71 Å². The van der Waals surface area contributed by atoms with Crippen LogP contribution in [0.15, 0.2) is 0 Å². The molecule has 1 aliphatic rings. The zero-order valence-electron chi connectivity index (χ0n) is 6.40. The lowest BCUT2D eigenvalue weighted by molar-refractivity contribution is 0.644. The number of hydrogen-bond donors (Lipinski definition) is 2. The molecular weight excluding hydrogens is 143 g/mol. The van der Waals surface area contributed by atoms with Crippen molar-refractivity contribution in [3.63, 3.8) is 0 Å². The smallest absolute Gasteiger partial charge is 0.197 e. The SMILES string of the molecule is N=[P+]1CCCCCNCC1. The van der Waals surface area contributed by atoms with E-state index in [1.54, 1.807) is 0 Å². The van der Waals surface area contributed by atoms with Gasteiger partial charge in [-0.25, -0.2) is 0 Å². The summed E-state index contributed by atoms with van der Waals surface area (Å²) in [5.74, 6) is 0. The summed E-state index contributed by atoms with van der Waals surface area (Å²) in [6.07, 6.45) is 6.21. The maximum absolute atomic E-state index is 7.63. The Balaban J connectivity index is 2.21. The van der Waals surface area contributed by atoms with Gasteiger partial charge in [0, 0.05) is 6.54 Å². The Labute approximate surface area is 63.7 Å². The monoisotopic (exact) mass is 159 g/mol. The number of nitrogens with one attached hydrogen (secondary N) is 2. The lowest BCUT2D eigenvalue weighted by Crippen LogP contribution is -2.17. The molecule has 0 saturated carbocycles. The van der Waals surface area contributed by atoms with Crippen LogP contribution in [-0.4, -0.2) is 25.4 Å². The quantitative estimate of drug-likeness (QED) is 0.521. The lowest BCUT2D eigenvalue weighted by atomic mass is 10.2. The number of rotatable bonds is 0. The van der Waals surface area contributed by atoms with Gasteiger partial charge in [-0.05, 0) is 25.8 Å². The molecule has 0 aliphatic carbocycles. The van der Waals surface area contributed by atoms with Crippen molar-refractivity contribution in [3.05, 3.63) is 0 Å². The maximum Gasteiger partial charge on any atom is 0.197 e. The van der Waals surface area contributed by atoms with Crippen LogP contribution in [0.3, 0.4) is 0 Å². The maximum atomic E-state index is 7.63. The summed E-state index contributed by atoms with van der Waals surface area (Å²) < 4.78 is 0. The van der Waals surface area contributed by atoms with Crippen LogP contribution in [0, 0.1) is 5.16 Å². The van der Waals surface area contributed by atoms with Gasteiger partial charge >= 0.3 is 0 Å². The summed E-state index contributed by atoms with van der Waals surface area (Å²) in [4.78, 5) is 0. The van der Waals surface area contributed by atoms with Gasteiger partial charge in [-0.1, -0.05) is 0 Å². The van der Waals surface area contributed by atoms with Crippen LogP contribution >= 0.6 is 7.71 Å². The first-order chi connectivity index (χ1) is 4.89. The first-order valence-corrected chi connectivity index (χ1v) is 5.78. The van der Waals surface area contributed by atoms with E-state index in [0.29, 0.717) is 0 Å². The molecule has 0 radical (unpaired) electrons. The van der Waals surface area contributed by atoms with Gasteiger partial charge in [0.05, 0.1) is 0 Å². The van der Waals surface area contributed by atoms with E-state index in [2.05, 4.69) is 5.32 Å². The molecule has 2 N–H and O–H groups in total. The highest BCUT2D eigenvalue weighted by Gasteiger charge is 2.09. The second-order valence-electron chi connectivity index (χ2n) is 2.80. The minimum absolute atomic E-state index is 0.365. The Morgan fingerprint density at radius 3 is 2.80 bits per heavy atom. The second-order valence-corrected chi connectivity index (χ2v) is 4.77. The molecule has 1 atom stereocenters. The van der Waals surface area contributed by atoms with Gasteiger partial charge in [0.2, 0.25) is 0 Å². The summed E-state index contributed by atoms with van der Waals surface area (Å²) in [5.41, 5.74) is 0. The van der Waals surface area contributed by atoms with Gasteiger partial charge in [0.25, 0.3) is 0 Å². The van der Waals surface area contributed by atoms with E-state index < -0.39 is 0 Å². The van der Waals surface area contributed by atoms with E-state index in [4.69, 9.17) is 5.16 Å². The number of hydrogen-bond acceptors (Lipinski definition) is 2. The standard InChI is InChI=1S/C7H16N2P/c8-10-6-3-1-2-4-9-5-7-10/h8-9H,1-7H2/q+1. The van der Waals surface area contributed by atoms with Crippen molar-refractivity contribution in [2.75, 3.05) is 25.4 Å². The molecule has 1 heterocycles. The third kappa shape index (κ3) is 3.28. The second kappa shape index (κ2) is 4.81. The first kappa shape index (κ1) is 8.16. The van der Waals surface area contributed by atoms with E-state index in [1.807, 2.05) is 0 Å². The van der Waals surface area contributed by atoms with Gasteiger partial charge in [-0.3, -0.25) is 0 Å². The highest BCUT2D eigenvalue weighted by atomic mass is 31.1. The normalized spacial score (nSPS) is 26.6. The molecule has 1 saturated heterocycles. The molecule has 1 aliphatic heterocycles. The predicted molar refractivity (Wildman–Crippen MR) is 46.1 cm³/mol. The zero-order chi connectivity index (χ0) is 7.23. The van der Waals surface area contributed by atoms with E-state index >= 15 is 0 Å². The Morgan fingerprint density at radius 1 is 1.00 bits per heavy atom. The largest absolute Gasteiger partial charge is 0.313 e. The van der Waals surface area contributed by atoms with Crippen LogP contribution in [-0.2, 0) is 0 Å². The van der Waals surface area contributed by atoms with Crippen molar-refractivity contribution < 1.29 is 0 Å². The van der Waals surface area contributed by atoms with Crippen LogP contribution in [0.25, 0.3) is 0 Å². The Hall–Kier alpha value is 0.0600. The highest BCUT2D eigenvalue weighted by Crippen LogP contribution is 2.22. The first-order valence-electron chi connectivity index (χ1n) is 4.06. The van der Waals surface area contributed by atoms with E-state index in [0.717, 1.165) is 12.7 Å². The van der Waals surface area contributed by atoms with Crippen molar-refractivity contribution in [2.45, 2.75) is 19.3 Å². The summed E-state index contributed by atoms with van der Waals surface area (Å²) >= 11 is 0. The van der Waals surface area contributed by atoms with E-state index in [1.165, 1.54) is 32.0 Å². The highest BCUT2D eigenvalue weighted by molar-refractivity contribution is 7.45. The molecular formula is C7H16N2P+. The van der Waals surface area contributed by atoms with Gasteiger partial charge in [-0.2, -0.15) is 0 Å². The van der Waals surface area contributed by atoms with Crippen LogP contribution in [0.2, 0.25) is 0 Å². The Morgan fingerprint density at radius 2 is 1.90 bits per heavy atom. The fourth-order valence-corrected chi connectivity index (χ4v) is 2.44. The fourth-order valence-electron chi connectivity index (χ4n) is 1.18. The van der Waals surface area contributed by atoms with Gasteiger partial charge in [0.15, 0.2) is 7.71 Å². The Bertz CT molecular complexity index is 102. The third-order valence-electron chi connectivity index (χ3n) is 1.84. The molecule has 1 rings (SSSR count). The van der Waals surface area contributed by atoms with Crippen molar-refractivity contribution in [1.29, 1.82) is 5.16 Å². The van der Waals surface area contributed by atoms with Crippen molar-refractivity contribution in [2.24, 2.45) is 0 Å². The molecule has 0 aromatic carbocycles. The van der Waals surface area contributed by atoms with E-state index in [9.17, 15) is 0 Å². The van der Waals surface area contributed by atoms with Crippen LogP contribution < -0.4 is 5.32 Å². The minimum atomic E-state index is -0.365. The minimum Gasteiger partial charge on any atom is -0.313 e. The average molecular weight is 159 g/mol. The molecule has 0 aromatic heterocycles. The summed E-state index contributed by atoms with van der Waals surface area (Å²) in [7, 11) is -0.365. The van der Waals surface area contributed by atoms with Gasteiger partial charge in [0.1, 0.15) is 12.3 Å². The molecule has 0 aromatic rings. The summed E-state index contributed by atoms with van der Waals surface area (Å²) in [6, 6.07) is 0. The average Bonchev–Trinajstić information content (AvgIpc) is 2.02. The van der Waals surface area contributed by atoms with Gasteiger partial charge in [-0.15, -0.1) is 5.16 Å². The Kier molecular flexibility index (Phi) is 3.93. The van der Waals surface area contributed by atoms with Crippen LogP contribution in [0.5, 0.6) is 0 Å². The van der Waals surface area contributed by atoms with Crippen molar-refractivity contribution in [1.82, 2.24) is 5.32 Å². The van der Waals surface area contributed by atoms with E-state index in [-0.39, 0.29) is 7.71 Å². The van der Waals surface area contributed by atoms with Crippen molar-refractivity contribution in [3.8, 4) is 0 Å². The summed E-state index contributed by atoms with van der Waals surface area (Å²) in [6.45, 7) is 2.25. The molecule has 2 nitrogen and oxygen atoms in total. The molecule has 0 bridgehead atoms. The third-order valence-corrected chi connectivity index (χ3v) is 3.46. The molecule has 0 spiro atoms.